The van der Waals surface area contributed by atoms with Crippen LogP contribution in [0.3, 0.4) is 0 Å². The van der Waals surface area contributed by atoms with E-state index in [1.807, 2.05) is 25.5 Å². The van der Waals surface area contributed by atoms with Gasteiger partial charge in [0.1, 0.15) is 10.6 Å². The van der Waals surface area contributed by atoms with Gasteiger partial charge < -0.3 is 9.64 Å². The van der Waals surface area contributed by atoms with Crippen molar-refractivity contribution < 1.29 is 9.53 Å². The lowest BCUT2D eigenvalue weighted by Gasteiger charge is -2.39. The molecule has 4 rings (SSSR count). The first-order valence-corrected chi connectivity index (χ1v) is 10.3. The summed E-state index contributed by atoms with van der Waals surface area (Å²) in [6, 6.07) is 0.294. The Kier molecular flexibility index (Phi) is 5.27. The maximum absolute atomic E-state index is 12.6. The van der Waals surface area contributed by atoms with Crippen molar-refractivity contribution in [2.45, 2.75) is 19.9 Å². The van der Waals surface area contributed by atoms with Crippen LogP contribution in [0.1, 0.15) is 35.3 Å². The van der Waals surface area contributed by atoms with E-state index in [0.29, 0.717) is 18.2 Å². The predicted molar refractivity (Wildman–Crippen MR) is 109 cm³/mol. The fraction of sp³-hybridized carbons (Fsp3) is 0.474. The van der Waals surface area contributed by atoms with Crippen molar-refractivity contribution >= 4 is 34.0 Å². The normalized spacial score (nSPS) is 16.5. The molecule has 1 atom stereocenters. The standard InChI is InChI=1S/C19H24N6O2S/c1-4-27-19(26)15-11-21-17-14(12-22-23(17)3)16(15)25-8-6-24(7-9-25)13(2)18-20-5-10-28-18/h5,10-13H,4,6-9H2,1-3H3. The Labute approximate surface area is 167 Å². The number of aromatic nitrogens is 4. The topological polar surface area (TPSA) is 76.4 Å². The number of aryl methyl sites for hydroxylation is 1. The molecule has 0 aliphatic carbocycles. The van der Waals surface area contributed by atoms with Crippen molar-refractivity contribution in [2.75, 3.05) is 37.7 Å². The summed E-state index contributed by atoms with van der Waals surface area (Å²) in [6.07, 6.45) is 5.25. The van der Waals surface area contributed by atoms with Gasteiger partial charge in [0.05, 0.1) is 29.9 Å². The summed E-state index contributed by atoms with van der Waals surface area (Å²) in [5, 5.41) is 8.37. The number of esters is 1. The van der Waals surface area contributed by atoms with Crippen LogP contribution in [0.25, 0.3) is 11.0 Å². The Bertz CT molecular complexity index is 962. The second-order valence-corrected chi connectivity index (χ2v) is 7.74. The number of pyridine rings is 1. The van der Waals surface area contributed by atoms with E-state index in [4.69, 9.17) is 4.74 Å². The molecule has 1 saturated heterocycles. The fourth-order valence-electron chi connectivity index (χ4n) is 3.71. The molecule has 9 heteroatoms. The van der Waals surface area contributed by atoms with Gasteiger partial charge in [-0.05, 0) is 13.8 Å². The zero-order valence-corrected chi connectivity index (χ0v) is 17.1. The lowest BCUT2D eigenvalue weighted by Crippen LogP contribution is -2.47. The number of ether oxygens (including phenoxy) is 1. The second-order valence-electron chi connectivity index (χ2n) is 6.82. The van der Waals surface area contributed by atoms with Crippen LogP contribution in [0.5, 0.6) is 0 Å². The molecule has 4 heterocycles. The van der Waals surface area contributed by atoms with Crippen molar-refractivity contribution in [1.29, 1.82) is 0 Å². The van der Waals surface area contributed by atoms with Crippen LogP contribution >= 0.6 is 11.3 Å². The first-order valence-electron chi connectivity index (χ1n) is 9.46. The number of rotatable bonds is 5. The van der Waals surface area contributed by atoms with E-state index in [2.05, 4.69) is 31.8 Å². The zero-order chi connectivity index (χ0) is 19.7. The summed E-state index contributed by atoms with van der Waals surface area (Å²) < 4.78 is 7.00. The quantitative estimate of drug-likeness (QED) is 0.609. The molecule has 0 spiro atoms. The third-order valence-corrected chi connectivity index (χ3v) is 6.16. The Morgan fingerprint density at radius 3 is 2.71 bits per heavy atom. The lowest BCUT2D eigenvalue weighted by molar-refractivity contribution is 0.0526. The highest BCUT2D eigenvalue weighted by molar-refractivity contribution is 7.09. The number of piperazine rings is 1. The molecule has 28 heavy (non-hydrogen) atoms. The van der Waals surface area contributed by atoms with Gasteiger partial charge in [0, 0.05) is 51.0 Å². The summed E-state index contributed by atoms with van der Waals surface area (Å²) >= 11 is 1.69. The highest BCUT2D eigenvalue weighted by Gasteiger charge is 2.28. The molecule has 0 bridgehead atoms. The van der Waals surface area contributed by atoms with E-state index in [0.717, 1.165) is 47.9 Å². The molecular formula is C19H24N6O2S. The molecule has 0 N–H and O–H groups in total. The molecule has 1 fully saturated rings. The largest absolute Gasteiger partial charge is 0.462 e. The average Bonchev–Trinajstić information content (AvgIpc) is 3.37. The van der Waals surface area contributed by atoms with Gasteiger partial charge in [0.2, 0.25) is 0 Å². The average molecular weight is 401 g/mol. The van der Waals surface area contributed by atoms with Crippen LogP contribution in [-0.4, -0.2) is 63.4 Å². The fourth-order valence-corrected chi connectivity index (χ4v) is 4.44. The Morgan fingerprint density at radius 1 is 1.25 bits per heavy atom. The Morgan fingerprint density at radius 2 is 2.04 bits per heavy atom. The second kappa shape index (κ2) is 7.84. The molecule has 3 aromatic rings. The minimum Gasteiger partial charge on any atom is -0.462 e. The van der Waals surface area contributed by atoms with Crippen molar-refractivity contribution in [1.82, 2.24) is 24.6 Å². The van der Waals surface area contributed by atoms with Gasteiger partial charge in [0.15, 0.2) is 5.65 Å². The molecule has 0 radical (unpaired) electrons. The highest BCUT2D eigenvalue weighted by atomic mass is 32.1. The molecule has 0 amide bonds. The van der Waals surface area contributed by atoms with Gasteiger partial charge in [-0.1, -0.05) is 0 Å². The number of hydrogen-bond acceptors (Lipinski definition) is 8. The monoisotopic (exact) mass is 400 g/mol. The molecule has 1 aliphatic rings. The van der Waals surface area contributed by atoms with Crippen molar-refractivity contribution in [3.05, 3.63) is 34.5 Å². The van der Waals surface area contributed by atoms with Crippen LogP contribution in [-0.2, 0) is 11.8 Å². The van der Waals surface area contributed by atoms with E-state index in [1.165, 1.54) is 0 Å². The molecule has 8 nitrogen and oxygen atoms in total. The smallest absolute Gasteiger partial charge is 0.341 e. The number of hydrogen-bond donors (Lipinski definition) is 0. The van der Waals surface area contributed by atoms with E-state index in [1.54, 1.807) is 28.4 Å². The lowest BCUT2D eigenvalue weighted by atomic mass is 10.1. The molecule has 1 aliphatic heterocycles. The van der Waals surface area contributed by atoms with Crippen LogP contribution in [0.4, 0.5) is 5.69 Å². The maximum atomic E-state index is 12.6. The zero-order valence-electron chi connectivity index (χ0n) is 16.3. The summed E-state index contributed by atoms with van der Waals surface area (Å²) in [4.78, 5) is 26.1. The van der Waals surface area contributed by atoms with Gasteiger partial charge in [-0.2, -0.15) is 5.10 Å². The van der Waals surface area contributed by atoms with Crippen molar-refractivity contribution in [3.8, 4) is 0 Å². The van der Waals surface area contributed by atoms with Gasteiger partial charge >= 0.3 is 5.97 Å². The molecule has 0 saturated carbocycles. The summed E-state index contributed by atoms with van der Waals surface area (Å²) in [5.41, 5.74) is 2.14. The first-order chi connectivity index (χ1) is 13.6. The van der Waals surface area contributed by atoms with Crippen LogP contribution < -0.4 is 4.90 Å². The van der Waals surface area contributed by atoms with E-state index < -0.39 is 0 Å². The van der Waals surface area contributed by atoms with E-state index >= 15 is 0 Å². The Hall–Kier alpha value is -2.52. The van der Waals surface area contributed by atoms with Gasteiger partial charge in [0.25, 0.3) is 0 Å². The maximum Gasteiger partial charge on any atom is 0.341 e. The van der Waals surface area contributed by atoms with Crippen LogP contribution in [0, 0.1) is 0 Å². The molecular weight excluding hydrogens is 376 g/mol. The van der Waals surface area contributed by atoms with Crippen molar-refractivity contribution in [2.24, 2.45) is 7.05 Å². The predicted octanol–water partition coefficient (Wildman–Crippen LogP) is 2.48. The van der Waals surface area contributed by atoms with Crippen molar-refractivity contribution in [3.63, 3.8) is 0 Å². The molecule has 0 aromatic carbocycles. The number of carbonyl (C=O) groups excluding carboxylic acids is 1. The van der Waals surface area contributed by atoms with Crippen LogP contribution in [0.15, 0.2) is 24.0 Å². The van der Waals surface area contributed by atoms with E-state index in [9.17, 15) is 4.79 Å². The number of carbonyl (C=O) groups is 1. The molecule has 3 aromatic heterocycles. The number of fused-ring (bicyclic) bond motifs is 1. The number of thiazole rings is 1. The van der Waals surface area contributed by atoms with Crippen LogP contribution in [0.2, 0.25) is 0 Å². The number of anilines is 1. The van der Waals surface area contributed by atoms with Gasteiger partial charge in [-0.3, -0.25) is 9.58 Å². The van der Waals surface area contributed by atoms with E-state index in [-0.39, 0.29) is 5.97 Å². The highest BCUT2D eigenvalue weighted by Crippen LogP contribution is 2.32. The molecule has 148 valence electrons. The summed E-state index contributed by atoms with van der Waals surface area (Å²) in [6.45, 7) is 7.77. The first kappa shape index (κ1) is 18.8. The summed E-state index contributed by atoms with van der Waals surface area (Å²) in [7, 11) is 1.86. The third-order valence-electron chi connectivity index (χ3n) is 5.22. The van der Waals surface area contributed by atoms with Gasteiger partial charge in [-0.25, -0.2) is 14.8 Å². The minimum absolute atomic E-state index is 0.294. The minimum atomic E-state index is -0.339. The Balaban J connectivity index is 1.62. The third kappa shape index (κ3) is 3.35. The van der Waals surface area contributed by atoms with Gasteiger partial charge in [-0.15, -0.1) is 11.3 Å². The number of nitrogens with zero attached hydrogens (tertiary/aromatic N) is 6. The SMILES string of the molecule is CCOC(=O)c1cnc2c(cnn2C)c1N1CCN(C(C)c2nccs2)CC1. The summed E-state index contributed by atoms with van der Waals surface area (Å²) in [5.74, 6) is -0.339. The molecule has 1 unspecified atom stereocenters.